The van der Waals surface area contributed by atoms with Gasteiger partial charge in [0.1, 0.15) is 5.75 Å². The lowest BCUT2D eigenvalue weighted by Crippen LogP contribution is -2.31. The normalized spacial score (nSPS) is 12.0. The van der Waals surface area contributed by atoms with Crippen molar-refractivity contribution in [2.24, 2.45) is 5.73 Å². The molecule has 0 saturated carbocycles. The van der Waals surface area contributed by atoms with Crippen LogP contribution < -0.4 is 15.4 Å². The zero-order valence-corrected chi connectivity index (χ0v) is 13.3. The fourth-order valence-electron chi connectivity index (χ4n) is 2.91. The first-order valence-electron chi connectivity index (χ1n) is 7.22. The molecule has 2 aromatic carbocycles. The van der Waals surface area contributed by atoms with E-state index in [1.807, 2.05) is 18.2 Å². The van der Waals surface area contributed by atoms with Crippen molar-refractivity contribution in [1.82, 2.24) is 0 Å². The number of rotatable bonds is 5. The van der Waals surface area contributed by atoms with E-state index in [9.17, 15) is 0 Å². The molecule has 21 heavy (non-hydrogen) atoms. The van der Waals surface area contributed by atoms with Gasteiger partial charge in [-0.1, -0.05) is 30.3 Å². The van der Waals surface area contributed by atoms with E-state index in [4.69, 9.17) is 10.5 Å². The van der Waals surface area contributed by atoms with Crippen LogP contribution in [0.5, 0.6) is 5.75 Å². The molecular weight excluding hydrogens is 260 g/mol. The van der Waals surface area contributed by atoms with Crippen LogP contribution in [0.2, 0.25) is 0 Å². The SMILES string of the molecule is COc1ccccc1N(C)C(CN)c1c(C)cccc1C. The summed E-state index contributed by atoms with van der Waals surface area (Å²) in [5.41, 5.74) is 11.0. The molecular formula is C18H24N2O. The standard InChI is InChI=1S/C18H24N2O/c1-13-8-7-9-14(2)18(13)16(12-19)20(3)15-10-5-6-11-17(15)21-4/h5-11,16H,12,19H2,1-4H3. The van der Waals surface area contributed by atoms with Crippen molar-refractivity contribution >= 4 is 5.69 Å². The van der Waals surface area contributed by atoms with Crippen LogP contribution in [0.15, 0.2) is 42.5 Å². The maximum absolute atomic E-state index is 6.09. The summed E-state index contributed by atoms with van der Waals surface area (Å²) in [4.78, 5) is 2.20. The molecule has 3 nitrogen and oxygen atoms in total. The molecule has 0 radical (unpaired) electrons. The maximum Gasteiger partial charge on any atom is 0.142 e. The number of ether oxygens (including phenoxy) is 1. The van der Waals surface area contributed by atoms with Crippen LogP contribution in [-0.4, -0.2) is 20.7 Å². The molecule has 2 aromatic rings. The van der Waals surface area contributed by atoms with E-state index in [-0.39, 0.29) is 6.04 Å². The zero-order valence-electron chi connectivity index (χ0n) is 13.3. The number of likely N-dealkylation sites (N-methyl/N-ethyl adjacent to an activating group) is 1. The van der Waals surface area contributed by atoms with E-state index in [1.54, 1.807) is 7.11 Å². The first-order valence-corrected chi connectivity index (χ1v) is 7.22. The lowest BCUT2D eigenvalue weighted by molar-refractivity contribution is 0.413. The fourth-order valence-corrected chi connectivity index (χ4v) is 2.91. The second-order valence-electron chi connectivity index (χ2n) is 5.34. The summed E-state index contributed by atoms with van der Waals surface area (Å²) in [6.07, 6.45) is 0. The van der Waals surface area contributed by atoms with Crippen LogP contribution in [-0.2, 0) is 0 Å². The van der Waals surface area contributed by atoms with Crippen LogP contribution in [0.25, 0.3) is 0 Å². The lowest BCUT2D eigenvalue weighted by Gasteiger charge is -2.32. The monoisotopic (exact) mass is 284 g/mol. The van der Waals surface area contributed by atoms with Crippen molar-refractivity contribution < 1.29 is 4.74 Å². The van der Waals surface area contributed by atoms with Crippen molar-refractivity contribution in [3.8, 4) is 5.75 Å². The molecule has 112 valence electrons. The third-order valence-electron chi connectivity index (χ3n) is 4.03. The highest BCUT2D eigenvalue weighted by atomic mass is 16.5. The second kappa shape index (κ2) is 6.64. The molecule has 0 bridgehead atoms. The molecule has 3 heteroatoms. The van der Waals surface area contributed by atoms with E-state index in [0.29, 0.717) is 6.54 Å². The van der Waals surface area contributed by atoms with Gasteiger partial charge in [-0.2, -0.15) is 0 Å². The smallest absolute Gasteiger partial charge is 0.142 e. The van der Waals surface area contributed by atoms with E-state index in [0.717, 1.165) is 11.4 Å². The largest absolute Gasteiger partial charge is 0.495 e. The van der Waals surface area contributed by atoms with Gasteiger partial charge in [0.25, 0.3) is 0 Å². The fraction of sp³-hybridized carbons (Fsp3) is 0.333. The third kappa shape index (κ3) is 3.03. The maximum atomic E-state index is 6.09. The van der Waals surface area contributed by atoms with Gasteiger partial charge in [0.2, 0.25) is 0 Å². The average molecular weight is 284 g/mol. The van der Waals surface area contributed by atoms with E-state index in [1.165, 1.54) is 16.7 Å². The molecule has 0 saturated heterocycles. The average Bonchev–Trinajstić information content (AvgIpc) is 2.50. The molecule has 0 aromatic heterocycles. The number of anilines is 1. The Morgan fingerprint density at radius 1 is 1.05 bits per heavy atom. The van der Waals surface area contributed by atoms with Crippen LogP contribution in [0.4, 0.5) is 5.69 Å². The van der Waals surface area contributed by atoms with Crippen molar-refractivity contribution in [1.29, 1.82) is 0 Å². The Hall–Kier alpha value is -2.00. The summed E-state index contributed by atoms with van der Waals surface area (Å²) >= 11 is 0. The molecule has 0 amide bonds. The van der Waals surface area contributed by atoms with E-state index < -0.39 is 0 Å². The van der Waals surface area contributed by atoms with Gasteiger partial charge in [-0.05, 0) is 42.7 Å². The summed E-state index contributed by atoms with van der Waals surface area (Å²) in [6, 6.07) is 14.5. The van der Waals surface area contributed by atoms with Gasteiger partial charge in [0.05, 0.1) is 18.8 Å². The highest BCUT2D eigenvalue weighted by Crippen LogP contribution is 2.34. The van der Waals surface area contributed by atoms with Crippen molar-refractivity contribution in [2.75, 3.05) is 25.6 Å². The summed E-state index contributed by atoms with van der Waals surface area (Å²) < 4.78 is 5.47. The molecule has 0 heterocycles. The van der Waals surface area contributed by atoms with Gasteiger partial charge in [-0.3, -0.25) is 0 Å². The number of aryl methyl sites for hydroxylation is 2. The van der Waals surface area contributed by atoms with Gasteiger partial charge >= 0.3 is 0 Å². The number of hydrogen-bond donors (Lipinski definition) is 1. The predicted molar refractivity (Wildman–Crippen MR) is 89.1 cm³/mol. The van der Waals surface area contributed by atoms with Gasteiger partial charge < -0.3 is 15.4 Å². The Balaban J connectivity index is 2.46. The number of para-hydroxylation sites is 2. The first-order chi connectivity index (χ1) is 10.1. The Morgan fingerprint density at radius 2 is 1.67 bits per heavy atom. The van der Waals surface area contributed by atoms with Gasteiger partial charge in [-0.25, -0.2) is 0 Å². The molecule has 1 unspecified atom stereocenters. The summed E-state index contributed by atoms with van der Waals surface area (Å²) in [7, 11) is 3.77. The highest BCUT2D eigenvalue weighted by molar-refractivity contribution is 5.60. The van der Waals surface area contributed by atoms with Crippen LogP contribution >= 0.6 is 0 Å². The summed E-state index contributed by atoms with van der Waals surface area (Å²) in [6.45, 7) is 4.84. The number of nitrogens with zero attached hydrogens (tertiary/aromatic N) is 1. The van der Waals surface area contributed by atoms with Crippen LogP contribution in [0.3, 0.4) is 0 Å². The van der Waals surface area contributed by atoms with Gasteiger partial charge in [0, 0.05) is 13.6 Å². The lowest BCUT2D eigenvalue weighted by atomic mass is 9.95. The van der Waals surface area contributed by atoms with Crippen molar-refractivity contribution in [2.45, 2.75) is 19.9 Å². The van der Waals surface area contributed by atoms with Gasteiger partial charge in [-0.15, -0.1) is 0 Å². The third-order valence-corrected chi connectivity index (χ3v) is 4.03. The highest BCUT2D eigenvalue weighted by Gasteiger charge is 2.21. The molecule has 2 N–H and O–H groups in total. The minimum absolute atomic E-state index is 0.127. The molecule has 2 rings (SSSR count). The molecule has 1 atom stereocenters. The predicted octanol–water partition coefficient (Wildman–Crippen LogP) is 3.45. The minimum Gasteiger partial charge on any atom is -0.495 e. The van der Waals surface area contributed by atoms with E-state index >= 15 is 0 Å². The second-order valence-corrected chi connectivity index (χ2v) is 5.34. The number of benzene rings is 2. The summed E-state index contributed by atoms with van der Waals surface area (Å²) in [5.74, 6) is 0.865. The Morgan fingerprint density at radius 3 is 2.24 bits per heavy atom. The molecule has 0 aliphatic carbocycles. The van der Waals surface area contributed by atoms with Crippen LogP contribution in [0.1, 0.15) is 22.7 Å². The van der Waals surface area contributed by atoms with Crippen molar-refractivity contribution in [3.05, 3.63) is 59.2 Å². The van der Waals surface area contributed by atoms with Crippen LogP contribution in [0, 0.1) is 13.8 Å². The van der Waals surface area contributed by atoms with Gasteiger partial charge in [0.15, 0.2) is 0 Å². The zero-order chi connectivity index (χ0) is 15.4. The first kappa shape index (κ1) is 15.4. The Bertz CT molecular complexity index is 590. The minimum atomic E-state index is 0.127. The topological polar surface area (TPSA) is 38.5 Å². The summed E-state index contributed by atoms with van der Waals surface area (Å²) in [5, 5.41) is 0. The Labute approximate surface area is 127 Å². The van der Waals surface area contributed by atoms with E-state index in [2.05, 4.69) is 50.1 Å². The molecule has 0 aliphatic rings. The van der Waals surface area contributed by atoms with Crippen molar-refractivity contribution in [3.63, 3.8) is 0 Å². The Kier molecular flexibility index (Phi) is 4.86. The number of nitrogens with two attached hydrogens (primary N) is 1. The molecule has 0 spiro atoms. The number of hydrogen-bond acceptors (Lipinski definition) is 3. The molecule has 0 aliphatic heterocycles. The molecule has 0 fully saturated rings. The quantitative estimate of drug-likeness (QED) is 0.914. The number of methoxy groups -OCH3 is 1.